The van der Waals surface area contributed by atoms with Crippen molar-refractivity contribution in [3.05, 3.63) is 59.7 Å². The van der Waals surface area contributed by atoms with Crippen molar-refractivity contribution in [3.8, 4) is 11.3 Å². The molecule has 8 nitrogen and oxygen atoms in total. The molecule has 0 bridgehead atoms. The van der Waals surface area contributed by atoms with Crippen LogP contribution in [0.5, 0.6) is 0 Å². The molecule has 36 heavy (non-hydrogen) atoms. The lowest BCUT2D eigenvalue weighted by Gasteiger charge is -2.33. The quantitative estimate of drug-likeness (QED) is 0.361. The Bertz CT molecular complexity index is 1200. The molecule has 0 radical (unpaired) electrons. The molecule has 1 fully saturated rings. The van der Waals surface area contributed by atoms with Crippen molar-refractivity contribution < 1.29 is 4.39 Å². The summed E-state index contributed by atoms with van der Waals surface area (Å²) in [6.45, 7) is 12.6. The second kappa shape index (κ2) is 11.5. The van der Waals surface area contributed by atoms with Crippen LogP contribution < -0.4 is 11.1 Å². The van der Waals surface area contributed by atoms with Crippen LogP contribution in [0.15, 0.2) is 47.7 Å². The molecule has 3 N–H and O–H groups in total. The number of likely N-dealkylation sites (N-methyl/N-ethyl adjacent to an activating group) is 1. The van der Waals surface area contributed by atoms with Gasteiger partial charge in [0.15, 0.2) is 5.82 Å². The van der Waals surface area contributed by atoms with E-state index in [9.17, 15) is 4.39 Å². The Labute approximate surface area is 212 Å². The Morgan fingerprint density at radius 2 is 1.83 bits per heavy atom. The number of nitrogens with two attached hydrogens (primary N) is 1. The number of benzene rings is 1. The van der Waals surface area contributed by atoms with Gasteiger partial charge in [0, 0.05) is 68.5 Å². The number of nitrogen functional groups attached to an aromatic ring is 1. The van der Waals surface area contributed by atoms with Gasteiger partial charge in [-0.2, -0.15) is 0 Å². The summed E-state index contributed by atoms with van der Waals surface area (Å²) < 4.78 is 14.8. The average molecular weight is 491 g/mol. The number of hydrogen-bond donors (Lipinski definition) is 2. The van der Waals surface area contributed by atoms with Crippen LogP contribution in [0.4, 0.5) is 21.8 Å². The van der Waals surface area contributed by atoms with Crippen molar-refractivity contribution in [2.45, 2.75) is 27.3 Å². The zero-order valence-electron chi connectivity index (χ0n) is 21.5. The molecule has 1 saturated heterocycles. The summed E-state index contributed by atoms with van der Waals surface area (Å²) in [7, 11) is 1.74. The van der Waals surface area contributed by atoms with E-state index in [1.165, 1.54) is 6.20 Å². The molecule has 0 aliphatic carbocycles. The molecule has 0 amide bonds. The highest BCUT2D eigenvalue weighted by molar-refractivity contribution is 6.06. The highest BCUT2D eigenvalue weighted by Crippen LogP contribution is 2.27. The number of nitrogens with zero attached hydrogens (tertiary/aromatic N) is 6. The molecule has 1 aliphatic heterocycles. The Kier molecular flexibility index (Phi) is 8.22. The van der Waals surface area contributed by atoms with Crippen LogP contribution >= 0.6 is 0 Å². The predicted octanol–water partition coefficient (Wildman–Crippen LogP) is 4.22. The minimum absolute atomic E-state index is 0.176. The van der Waals surface area contributed by atoms with Gasteiger partial charge in [0.1, 0.15) is 11.5 Å². The van der Waals surface area contributed by atoms with Crippen LogP contribution in [0.3, 0.4) is 0 Å². The molecule has 3 aromatic rings. The molecule has 3 heterocycles. The van der Waals surface area contributed by atoms with Crippen molar-refractivity contribution in [3.63, 3.8) is 0 Å². The van der Waals surface area contributed by atoms with E-state index in [0.717, 1.165) is 56.1 Å². The van der Waals surface area contributed by atoms with Gasteiger partial charge in [-0.05, 0) is 36.2 Å². The van der Waals surface area contributed by atoms with Crippen molar-refractivity contribution in [2.24, 2.45) is 10.9 Å². The van der Waals surface area contributed by atoms with Gasteiger partial charge in [-0.25, -0.2) is 19.3 Å². The van der Waals surface area contributed by atoms with Gasteiger partial charge in [0.25, 0.3) is 0 Å². The number of pyridine rings is 1. The van der Waals surface area contributed by atoms with Crippen molar-refractivity contribution >= 4 is 23.2 Å². The van der Waals surface area contributed by atoms with Crippen LogP contribution in [-0.2, 0) is 6.54 Å². The molecule has 4 rings (SSSR count). The lowest BCUT2D eigenvalue weighted by Crippen LogP contribution is -2.45. The van der Waals surface area contributed by atoms with Gasteiger partial charge in [-0.1, -0.05) is 32.9 Å². The molecular weight excluding hydrogens is 455 g/mol. The molecule has 1 aromatic carbocycles. The lowest BCUT2D eigenvalue weighted by molar-refractivity contribution is 0.132. The normalized spacial score (nSPS) is 15.4. The first-order valence-corrected chi connectivity index (χ1v) is 12.4. The van der Waals surface area contributed by atoms with Crippen LogP contribution in [0.25, 0.3) is 11.3 Å². The van der Waals surface area contributed by atoms with Crippen molar-refractivity contribution in [1.29, 1.82) is 0 Å². The SMILES string of the molecule is CCN1CCN(Cc2ccc(Nc3ncc(F)c(-c4ccc(N)c(C(=NC)C(C)C)c4)n3)nc2)CC1. The van der Waals surface area contributed by atoms with E-state index in [1.54, 1.807) is 19.2 Å². The van der Waals surface area contributed by atoms with E-state index in [1.807, 2.05) is 32.2 Å². The van der Waals surface area contributed by atoms with Crippen molar-refractivity contribution in [1.82, 2.24) is 24.8 Å². The predicted molar refractivity (Wildman–Crippen MR) is 144 cm³/mol. The topological polar surface area (TPSA) is 95.6 Å². The number of aliphatic imine (C=N–C) groups is 1. The smallest absolute Gasteiger partial charge is 0.229 e. The van der Waals surface area contributed by atoms with E-state index < -0.39 is 5.82 Å². The largest absolute Gasteiger partial charge is 0.398 e. The number of halogens is 1. The van der Waals surface area contributed by atoms with Crippen LogP contribution in [0.2, 0.25) is 0 Å². The third-order valence-electron chi connectivity index (χ3n) is 6.52. The minimum atomic E-state index is -0.512. The van der Waals surface area contributed by atoms with Gasteiger partial charge in [-0.15, -0.1) is 0 Å². The number of nitrogens with one attached hydrogen (secondary N) is 1. The maximum absolute atomic E-state index is 14.8. The van der Waals surface area contributed by atoms with E-state index in [-0.39, 0.29) is 17.6 Å². The highest BCUT2D eigenvalue weighted by atomic mass is 19.1. The molecule has 0 atom stereocenters. The van der Waals surface area contributed by atoms with E-state index in [0.29, 0.717) is 17.1 Å². The summed E-state index contributed by atoms with van der Waals surface area (Å²) in [5.41, 5.74) is 10.4. The van der Waals surface area contributed by atoms with E-state index in [2.05, 4.69) is 48.1 Å². The van der Waals surface area contributed by atoms with Gasteiger partial charge in [0.2, 0.25) is 5.95 Å². The lowest BCUT2D eigenvalue weighted by atomic mass is 9.95. The van der Waals surface area contributed by atoms with Gasteiger partial charge in [-0.3, -0.25) is 9.89 Å². The second-order valence-corrected chi connectivity index (χ2v) is 9.34. The summed E-state index contributed by atoms with van der Waals surface area (Å²) in [5, 5.41) is 3.10. The Morgan fingerprint density at radius 3 is 2.47 bits per heavy atom. The number of rotatable bonds is 8. The molecule has 0 spiro atoms. The summed E-state index contributed by atoms with van der Waals surface area (Å²) in [5.74, 6) is 0.538. The first-order chi connectivity index (χ1) is 17.4. The van der Waals surface area contributed by atoms with Gasteiger partial charge in [0.05, 0.1) is 6.20 Å². The Morgan fingerprint density at radius 1 is 1.08 bits per heavy atom. The van der Waals surface area contributed by atoms with Crippen LogP contribution in [-0.4, -0.2) is 70.2 Å². The number of piperazine rings is 1. The number of hydrogen-bond acceptors (Lipinski definition) is 8. The van der Waals surface area contributed by atoms with Crippen LogP contribution in [0.1, 0.15) is 31.9 Å². The van der Waals surface area contributed by atoms with Gasteiger partial charge >= 0.3 is 0 Å². The minimum Gasteiger partial charge on any atom is -0.398 e. The van der Waals surface area contributed by atoms with Gasteiger partial charge < -0.3 is 16.0 Å². The maximum Gasteiger partial charge on any atom is 0.229 e. The number of aromatic nitrogens is 3. The fraction of sp³-hybridized carbons (Fsp3) is 0.407. The number of anilines is 3. The molecule has 2 aromatic heterocycles. The zero-order valence-corrected chi connectivity index (χ0v) is 21.5. The molecule has 0 unspecified atom stereocenters. The zero-order chi connectivity index (χ0) is 25.7. The first-order valence-electron chi connectivity index (χ1n) is 12.4. The second-order valence-electron chi connectivity index (χ2n) is 9.34. The fourth-order valence-corrected chi connectivity index (χ4v) is 4.47. The summed E-state index contributed by atoms with van der Waals surface area (Å²) >= 11 is 0. The summed E-state index contributed by atoms with van der Waals surface area (Å²) in [6.07, 6.45) is 3.03. The molecule has 9 heteroatoms. The van der Waals surface area contributed by atoms with E-state index in [4.69, 9.17) is 5.73 Å². The average Bonchev–Trinajstić information content (AvgIpc) is 2.88. The molecule has 190 valence electrons. The third-order valence-corrected chi connectivity index (χ3v) is 6.52. The standard InChI is InChI=1S/C27H35FN8/c1-5-35-10-12-36(13-11-35)17-19-6-9-24(31-15-19)33-27-32-16-22(28)26(34-27)20-7-8-23(29)21(14-20)25(30-4)18(2)3/h6-9,14-16,18H,5,10-13,17,29H2,1-4H3,(H,31,32,33,34). The highest BCUT2D eigenvalue weighted by Gasteiger charge is 2.17. The van der Waals surface area contributed by atoms with E-state index >= 15 is 0 Å². The molecule has 1 aliphatic rings. The monoisotopic (exact) mass is 490 g/mol. The fourth-order valence-electron chi connectivity index (χ4n) is 4.47. The third kappa shape index (κ3) is 6.03. The first kappa shape index (κ1) is 25.7. The molecule has 0 saturated carbocycles. The van der Waals surface area contributed by atoms with Crippen molar-refractivity contribution in [2.75, 3.05) is 50.8 Å². The molecular formula is C27H35FN8. The maximum atomic E-state index is 14.8. The Balaban J connectivity index is 1.49. The van der Waals surface area contributed by atoms with Crippen LogP contribution in [0, 0.1) is 11.7 Å². The summed E-state index contributed by atoms with van der Waals surface area (Å²) in [6, 6.07) is 9.30. The Hall–Kier alpha value is -3.43. The summed E-state index contributed by atoms with van der Waals surface area (Å²) in [4.78, 5) is 22.4.